The molecule has 0 bridgehead atoms. The molecule has 2 aromatic rings. The minimum absolute atomic E-state index is 0.0503. The largest absolute Gasteiger partial charge is 0.385 e. The molecule has 1 heterocycles. The van der Waals surface area contributed by atoms with Crippen LogP contribution in [0.5, 0.6) is 0 Å². The number of rotatable bonds is 11. The molecule has 0 aliphatic carbocycles. The maximum Gasteiger partial charge on any atom is 0.262 e. The lowest BCUT2D eigenvalue weighted by Gasteiger charge is -2.19. The second-order valence-corrected chi connectivity index (χ2v) is 6.82. The lowest BCUT2D eigenvalue weighted by atomic mass is 10.2. The lowest BCUT2D eigenvalue weighted by molar-refractivity contribution is -0.127. The van der Waals surface area contributed by atoms with Gasteiger partial charge in [0.2, 0.25) is 5.91 Å². The van der Waals surface area contributed by atoms with Crippen molar-refractivity contribution in [2.75, 3.05) is 32.6 Å². The van der Waals surface area contributed by atoms with Gasteiger partial charge in [-0.1, -0.05) is 36.0 Å². The maximum atomic E-state index is 12.9. The van der Waals surface area contributed by atoms with Gasteiger partial charge in [-0.15, -0.1) is 13.2 Å². The molecule has 1 aromatic carbocycles. The number of fused-ring (bicyclic) bond motifs is 1. The van der Waals surface area contributed by atoms with Crippen molar-refractivity contribution in [1.29, 1.82) is 0 Å². The predicted octanol–water partition coefficient (Wildman–Crippen LogP) is 2.73. The van der Waals surface area contributed by atoms with Gasteiger partial charge in [0.05, 0.1) is 16.7 Å². The highest BCUT2D eigenvalue weighted by Gasteiger charge is 2.15. The third-order valence-electron chi connectivity index (χ3n) is 3.93. The van der Waals surface area contributed by atoms with Crippen LogP contribution in [0.2, 0.25) is 0 Å². The first-order valence-electron chi connectivity index (χ1n) is 8.73. The Balaban J connectivity index is 2.27. The van der Waals surface area contributed by atoms with Crippen LogP contribution >= 0.6 is 11.8 Å². The van der Waals surface area contributed by atoms with Gasteiger partial charge in [0.1, 0.15) is 0 Å². The van der Waals surface area contributed by atoms with Crippen molar-refractivity contribution in [3.05, 3.63) is 59.9 Å². The number of nitrogens with zero attached hydrogens (tertiary/aromatic N) is 3. The third kappa shape index (κ3) is 5.55. The van der Waals surface area contributed by atoms with Gasteiger partial charge < -0.3 is 9.64 Å². The second-order valence-electron chi connectivity index (χ2n) is 5.88. The van der Waals surface area contributed by atoms with E-state index in [0.29, 0.717) is 48.7 Å². The van der Waals surface area contributed by atoms with Crippen molar-refractivity contribution in [3.8, 4) is 0 Å². The number of thioether (sulfide) groups is 1. The predicted molar refractivity (Wildman–Crippen MR) is 110 cm³/mol. The molecule has 0 spiro atoms. The van der Waals surface area contributed by atoms with Crippen molar-refractivity contribution in [2.45, 2.75) is 18.1 Å². The van der Waals surface area contributed by atoms with E-state index in [4.69, 9.17) is 4.74 Å². The third-order valence-corrected chi connectivity index (χ3v) is 4.89. The van der Waals surface area contributed by atoms with Gasteiger partial charge in [-0.3, -0.25) is 14.2 Å². The molecule has 0 fully saturated rings. The molecule has 0 aliphatic rings. The van der Waals surface area contributed by atoms with Crippen molar-refractivity contribution in [3.63, 3.8) is 0 Å². The highest BCUT2D eigenvalue weighted by atomic mass is 32.2. The number of ether oxygens (including phenoxy) is 1. The molecule has 144 valence electrons. The van der Waals surface area contributed by atoms with Gasteiger partial charge in [-0.2, -0.15) is 0 Å². The van der Waals surface area contributed by atoms with E-state index < -0.39 is 0 Å². The summed E-state index contributed by atoms with van der Waals surface area (Å²) in [6, 6.07) is 7.25. The Hall–Kier alpha value is -2.38. The fraction of sp³-hybridized carbons (Fsp3) is 0.350. The zero-order valence-corrected chi connectivity index (χ0v) is 16.4. The smallest absolute Gasteiger partial charge is 0.262 e. The first-order valence-corrected chi connectivity index (χ1v) is 9.71. The van der Waals surface area contributed by atoms with E-state index in [9.17, 15) is 9.59 Å². The fourth-order valence-corrected chi connectivity index (χ4v) is 3.56. The zero-order chi connectivity index (χ0) is 19.6. The standard InChI is InChI=1S/C20H25N3O3S/c1-4-11-22(12-5-2)18(24)15-27-20-21-17-10-7-6-9-16(17)19(25)23(20)13-8-14-26-3/h4-7,9-10H,1-2,8,11-15H2,3H3. The first kappa shape index (κ1) is 20.9. The summed E-state index contributed by atoms with van der Waals surface area (Å²) in [5.41, 5.74) is 0.537. The lowest BCUT2D eigenvalue weighted by Crippen LogP contribution is -2.33. The summed E-state index contributed by atoms with van der Waals surface area (Å²) in [5.74, 6) is 0.141. The van der Waals surface area contributed by atoms with Gasteiger partial charge in [0.25, 0.3) is 5.56 Å². The van der Waals surface area contributed by atoms with Crippen LogP contribution in [-0.2, 0) is 16.1 Å². The number of aromatic nitrogens is 2. The number of benzene rings is 1. The number of carbonyl (C=O) groups excluding carboxylic acids is 1. The van der Waals surface area contributed by atoms with E-state index in [-0.39, 0.29) is 17.2 Å². The molecule has 27 heavy (non-hydrogen) atoms. The van der Waals surface area contributed by atoms with Crippen molar-refractivity contribution in [2.24, 2.45) is 0 Å². The summed E-state index contributed by atoms with van der Waals surface area (Å²) in [6.07, 6.45) is 4.05. The Morgan fingerprint density at radius 1 is 1.30 bits per heavy atom. The number of methoxy groups -OCH3 is 1. The Labute approximate surface area is 163 Å². The van der Waals surface area contributed by atoms with Crippen LogP contribution in [0.1, 0.15) is 6.42 Å². The normalized spacial score (nSPS) is 10.7. The molecule has 0 saturated heterocycles. The van der Waals surface area contributed by atoms with Crippen molar-refractivity contribution < 1.29 is 9.53 Å². The van der Waals surface area contributed by atoms with Gasteiger partial charge in [-0.05, 0) is 18.6 Å². The van der Waals surface area contributed by atoms with Crippen LogP contribution in [0, 0.1) is 0 Å². The van der Waals surface area contributed by atoms with Crippen molar-refractivity contribution in [1.82, 2.24) is 14.5 Å². The van der Waals surface area contributed by atoms with Crippen LogP contribution in [0.15, 0.2) is 59.5 Å². The van der Waals surface area contributed by atoms with Gasteiger partial charge in [-0.25, -0.2) is 4.98 Å². The van der Waals surface area contributed by atoms with E-state index in [1.54, 1.807) is 34.8 Å². The summed E-state index contributed by atoms with van der Waals surface area (Å²) in [6.45, 7) is 9.31. The monoisotopic (exact) mass is 387 g/mol. The number of hydrogen-bond acceptors (Lipinski definition) is 5. The molecule has 7 heteroatoms. The van der Waals surface area contributed by atoms with E-state index in [1.807, 2.05) is 18.2 Å². The van der Waals surface area contributed by atoms with Crippen molar-refractivity contribution >= 4 is 28.6 Å². The summed E-state index contributed by atoms with van der Waals surface area (Å²) in [4.78, 5) is 31.6. The molecular weight excluding hydrogens is 362 g/mol. The topological polar surface area (TPSA) is 64.4 Å². The highest BCUT2D eigenvalue weighted by molar-refractivity contribution is 7.99. The number of hydrogen-bond donors (Lipinski definition) is 0. The molecule has 0 radical (unpaired) electrons. The molecule has 1 aromatic heterocycles. The molecule has 1 amide bonds. The maximum absolute atomic E-state index is 12.9. The first-order chi connectivity index (χ1) is 13.1. The Morgan fingerprint density at radius 3 is 2.67 bits per heavy atom. The summed E-state index contributed by atoms with van der Waals surface area (Å²) in [5, 5.41) is 1.12. The zero-order valence-electron chi connectivity index (χ0n) is 15.6. The Bertz CT molecular complexity index is 853. The number of amides is 1. The molecule has 0 saturated carbocycles. The van der Waals surface area contributed by atoms with E-state index in [1.165, 1.54) is 11.8 Å². The van der Waals surface area contributed by atoms with Crippen LogP contribution in [0.3, 0.4) is 0 Å². The highest BCUT2D eigenvalue weighted by Crippen LogP contribution is 2.18. The minimum Gasteiger partial charge on any atom is -0.385 e. The number of carbonyl (C=O) groups is 1. The quantitative estimate of drug-likeness (QED) is 0.257. The Morgan fingerprint density at radius 2 is 2.00 bits per heavy atom. The molecule has 6 nitrogen and oxygen atoms in total. The molecule has 0 unspecified atom stereocenters. The van der Waals surface area contributed by atoms with Crippen LogP contribution in [-0.4, -0.2) is 52.9 Å². The van der Waals surface area contributed by atoms with E-state index in [0.717, 1.165) is 0 Å². The van der Waals surface area contributed by atoms with E-state index >= 15 is 0 Å². The SMILES string of the molecule is C=CCN(CC=C)C(=O)CSc1nc2ccccc2c(=O)n1CCCOC. The second kappa shape index (κ2) is 10.7. The molecule has 2 rings (SSSR count). The number of para-hydroxylation sites is 1. The average Bonchev–Trinajstić information content (AvgIpc) is 2.68. The van der Waals surface area contributed by atoms with Crippen LogP contribution < -0.4 is 5.56 Å². The van der Waals surface area contributed by atoms with E-state index in [2.05, 4.69) is 18.1 Å². The minimum atomic E-state index is -0.0966. The van der Waals surface area contributed by atoms with Crippen LogP contribution in [0.25, 0.3) is 10.9 Å². The van der Waals surface area contributed by atoms with Gasteiger partial charge >= 0.3 is 0 Å². The fourth-order valence-electron chi connectivity index (χ4n) is 2.63. The van der Waals surface area contributed by atoms with Gasteiger partial charge in [0, 0.05) is 33.4 Å². The molecule has 0 N–H and O–H groups in total. The average molecular weight is 388 g/mol. The Kier molecular flexibility index (Phi) is 8.29. The summed E-state index contributed by atoms with van der Waals surface area (Å²) < 4.78 is 6.72. The molecule has 0 aliphatic heterocycles. The van der Waals surface area contributed by atoms with Crippen LogP contribution in [0.4, 0.5) is 0 Å². The molecular formula is C20H25N3O3S. The van der Waals surface area contributed by atoms with Gasteiger partial charge in [0.15, 0.2) is 5.16 Å². The summed E-state index contributed by atoms with van der Waals surface area (Å²) in [7, 11) is 1.63. The summed E-state index contributed by atoms with van der Waals surface area (Å²) >= 11 is 1.27. The molecule has 0 atom stereocenters.